The summed E-state index contributed by atoms with van der Waals surface area (Å²) in [5.74, 6) is 0.708. The minimum absolute atomic E-state index is 0.00914. The Morgan fingerprint density at radius 1 is 1.00 bits per heavy atom. The van der Waals surface area contributed by atoms with Crippen molar-refractivity contribution in [2.45, 2.75) is 76.7 Å². The highest BCUT2D eigenvalue weighted by molar-refractivity contribution is 5.80. The van der Waals surface area contributed by atoms with Crippen LogP contribution >= 0.6 is 0 Å². The van der Waals surface area contributed by atoms with E-state index in [9.17, 15) is 4.79 Å². The molecule has 3 nitrogen and oxygen atoms in total. The maximum absolute atomic E-state index is 12.1. The minimum atomic E-state index is -0.163. The van der Waals surface area contributed by atoms with Gasteiger partial charge >= 0.3 is 0 Å². The van der Waals surface area contributed by atoms with E-state index in [2.05, 4.69) is 4.90 Å². The quantitative estimate of drug-likeness (QED) is 0.862. The number of fused-ring (bicyclic) bond motifs is 1. The molecule has 3 heteroatoms. The SMILES string of the molecule is NC(=O)C1(C[C@@H]2CCCN3CCCC[C@H]23)CCCCC1. The van der Waals surface area contributed by atoms with Gasteiger partial charge in [0.15, 0.2) is 0 Å². The van der Waals surface area contributed by atoms with E-state index in [1.54, 1.807) is 0 Å². The van der Waals surface area contributed by atoms with Gasteiger partial charge in [-0.15, -0.1) is 0 Å². The van der Waals surface area contributed by atoms with Crippen molar-refractivity contribution in [1.82, 2.24) is 4.90 Å². The van der Waals surface area contributed by atoms with Gasteiger partial charge in [-0.05, 0) is 64.0 Å². The van der Waals surface area contributed by atoms with Crippen LogP contribution in [0.1, 0.15) is 70.6 Å². The Bertz CT molecular complexity index is 347. The number of carbonyl (C=O) groups is 1. The average Bonchev–Trinajstić information content (AvgIpc) is 2.48. The summed E-state index contributed by atoms with van der Waals surface area (Å²) in [4.78, 5) is 14.8. The molecule has 2 heterocycles. The summed E-state index contributed by atoms with van der Waals surface area (Å²) < 4.78 is 0. The first-order valence-corrected chi connectivity index (χ1v) is 8.75. The molecule has 0 unspecified atom stereocenters. The van der Waals surface area contributed by atoms with E-state index in [-0.39, 0.29) is 11.3 Å². The molecule has 0 aromatic heterocycles. The van der Waals surface area contributed by atoms with E-state index in [4.69, 9.17) is 5.73 Å². The van der Waals surface area contributed by atoms with Crippen molar-refractivity contribution < 1.29 is 4.79 Å². The van der Waals surface area contributed by atoms with E-state index in [0.717, 1.165) is 31.2 Å². The largest absolute Gasteiger partial charge is 0.369 e. The number of hydrogen-bond donors (Lipinski definition) is 1. The molecule has 114 valence electrons. The molecule has 2 saturated heterocycles. The fourth-order valence-corrected chi connectivity index (χ4v) is 5.10. The molecule has 0 radical (unpaired) electrons. The lowest BCUT2D eigenvalue weighted by Gasteiger charge is -2.47. The summed E-state index contributed by atoms with van der Waals surface area (Å²) in [6, 6.07) is 0.746. The highest BCUT2D eigenvalue weighted by Crippen LogP contribution is 2.45. The number of piperidine rings is 2. The van der Waals surface area contributed by atoms with Crippen LogP contribution in [0.15, 0.2) is 0 Å². The molecule has 1 saturated carbocycles. The van der Waals surface area contributed by atoms with Crippen molar-refractivity contribution in [2.24, 2.45) is 17.1 Å². The van der Waals surface area contributed by atoms with E-state index >= 15 is 0 Å². The average molecular weight is 278 g/mol. The number of amides is 1. The molecule has 3 aliphatic rings. The number of carbonyl (C=O) groups excluding carboxylic acids is 1. The molecule has 2 atom stereocenters. The van der Waals surface area contributed by atoms with E-state index in [1.807, 2.05) is 0 Å². The van der Waals surface area contributed by atoms with Crippen molar-refractivity contribution in [3.63, 3.8) is 0 Å². The van der Waals surface area contributed by atoms with Gasteiger partial charge in [-0.25, -0.2) is 0 Å². The second-order valence-electron chi connectivity index (χ2n) is 7.41. The number of hydrogen-bond acceptors (Lipinski definition) is 2. The summed E-state index contributed by atoms with van der Waals surface area (Å²) >= 11 is 0. The molecule has 2 aliphatic heterocycles. The van der Waals surface area contributed by atoms with E-state index in [1.165, 1.54) is 64.5 Å². The zero-order valence-corrected chi connectivity index (χ0v) is 12.8. The fourth-order valence-electron chi connectivity index (χ4n) is 5.10. The number of primary amides is 1. The molecule has 3 rings (SSSR count). The van der Waals surface area contributed by atoms with Crippen LogP contribution in [0, 0.1) is 11.3 Å². The van der Waals surface area contributed by atoms with Crippen LogP contribution < -0.4 is 5.73 Å². The zero-order chi connectivity index (χ0) is 14.0. The molecule has 1 aliphatic carbocycles. The third kappa shape index (κ3) is 2.74. The van der Waals surface area contributed by atoms with Gasteiger partial charge in [0.25, 0.3) is 0 Å². The third-order valence-corrected chi connectivity index (χ3v) is 6.21. The van der Waals surface area contributed by atoms with Crippen LogP contribution in [0.3, 0.4) is 0 Å². The highest BCUT2D eigenvalue weighted by Gasteiger charge is 2.43. The van der Waals surface area contributed by atoms with Crippen LogP contribution in [-0.4, -0.2) is 29.9 Å². The van der Waals surface area contributed by atoms with Gasteiger partial charge in [0.2, 0.25) is 5.91 Å². The third-order valence-electron chi connectivity index (χ3n) is 6.21. The van der Waals surface area contributed by atoms with E-state index < -0.39 is 0 Å². The van der Waals surface area contributed by atoms with Crippen LogP contribution in [0.4, 0.5) is 0 Å². The standard InChI is InChI=1S/C17H30N2O/c18-16(20)17(9-3-1-4-10-17)13-14-7-6-12-19-11-5-2-8-15(14)19/h14-15H,1-13H2,(H2,18,20)/t14-,15+/m0/s1. The molecule has 0 bridgehead atoms. The first kappa shape index (κ1) is 14.4. The second kappa shape index (κ2) is 6.05. The summed E-state index contributed by atoms with van der Waals surface area (Å²) in [6.45, 7) is 2.56. The lowest BCUT2D eigenvalue weighted by molar-refractivity contribution is -0.131. The molecule has 0 spiro atoms. The number of nitrogens with zero attached hydrogens (tertiary/aromatic N) is 1. The van der Waals surface area contributed by atoms with Gasteiger partial charge in [-0.3, -0.25) is 4.79 Å². The Hall–Kier alpha value is -0.570. The molecular weight excluding hydrogens is 248 g/mol. The maximum atomic E-state index is 12.1. The Kier molecular flexibility index (Phi) is 4.34. The zero-order valence-electron chi connectivity index (χ0n) is 12.8. The number of nitrogens with two attached hydrogens (primary N) is 1. The molecule has 1 amide bonds. The number of rotatable bonds is 3. The maximum Gasteiger partial charge on any atom is 0.223 e. The van der Waals surface area contributed by atoms with Crippen LogP contribution in [0.25, 0.3) is 0 Å². The second-order valence-corrected chi connectivity index (χ2v) is 7.41. The van der Waals surface area contributed by atoms with Crippen molar-refractivity contribution in [3.05, 3.63) is 0 Å². The minimum Gasteiger partial charge on any atom is -0.369 e. The van der Waals surface area contributed by atoms with Gasteiger partial charge < -0.3 is 10.6 Å². The van der Waals surface area contributed by atoms with Gasteiger partial charge in [0.1, 0.15) is 0 Å². The fraction of sp³-hybridized carbons (Fsp3) is 0.941. The molecule has 20 heavy (non-hydrogen) atoms. The van der Waals surface area contributed by atoms with Crippen molar-refractivity contribution >= 4 is 5.91 Å². The van der Waals surface area contributed by atoms with Crippen LogP contribution in [-0.2, 0) is 4.79 Å². The normalized spacial score (nSPS) is 34.4. The molecule has 2 N–H and O–H groups in total. The Balaban J connectivity index is 1.72. The summed E-state index contributed by atoms with van der Waals surface area (Å²) in [6.07, 6.45) is 13.6. The van der Waals surface area contributed by atoms with Gasteiger partial charge in [0.05, 0.1) is 0 Å². The predicted octanol–water partition coefficient (Wildman–Crippen LogP) is 3.08. The van der Waals surface area contributed by atoms with Gasteiger partial charge in [-0.1, -0.05) is 25.7 Å². The predicted molar refractivity (Wildman–Crippen MR) is 81.3 cm³/mol. The van der Waals surface area contributed by atoms with Gasteiger partial charge in [-0.2, -0.15) is 0 Å². The lowest BCUT2D eigenvalue weighted by Crippen LogP contribution is -2.51. The Labute approximate surface area is 123 Å². The smallest absolute Gasteiger partial charge is 0.223 e. The first-order valence-electron chi connectivity index (χ1n) is 8.75. The first-order chi connectivity index (χ1) is 9.71. The molecule has 0 aromatic rings. The van der Waals surface area contributed by atoms with Crippen LogP contribution in [0.5, 0.6) is 0 Å². The molecule has 3 fully saturated rings. The summed E-state index contributed by atoms with van der Waals surface area (Å²) in [5, 5.41) is 0. The topological polar surface area (TPSA) is 46.3 Å². The van der Waals surface area contributed by atoms with Crippen LogP contribution in [0.2, 0.25) is 0 Å². The molecule has 0 aromatic carbocycles. The Morgan fingerprint density at radius 3 is 2.50 bits per heavy atom. The monoisotopic (exact) mass is 278 g/mol. The molecular formula is C17H30N2O. The van der Waals surface area contributed by atoms with Crippen molar-refractivity contribution in [2.75, 3.05) is 13.1 Å². The van der Waals surface area contributed by atoms with Crippen molar-refractivity contribution in [3.8, 4) is 0 Å². The highest BCUT2D eigenvalue weighted by atomic mass is 16.1. The van der Waals surface area contributed by atoms with Crippen molar-refractivity contribution in [1.29, 1.82) is 0 Å². The Morgan fingerprint density at radius 2 is 1.75 bits per heavy atom. The van der Waals surface area contributed by atoms with Gasteiger partial charge in [0, 0.05) is 11.5 Å². The lowest BCUT2D eigenvalue weighted by atomic mass is 9.65. The summed E-state index contributed by atoms with van der Waals surface area (Å²) in [5.41, 5.74) is 5.67. The summed E-state index contributed by atoms with van der Waals surface area (Å²) in [7, 11) is 0. The van der Waals surface area contributed by atoms with E-state index in [0.29, 0.717) is 0 Å².